The minimum Gasteiger partial charge on any atom is -0.380 e. The number of nitrogens with one attached hydrogen (secondary N) is 1. The second kappa shape index (κ2) is 7.56. The Hall–Kier alpha value is -0.650. The summed E-state index contributed by atoms with van der Waals surface area (Å²) in [6.45, 7) is 8.22. The Balaban J connectivity index is 1.75. The molecule has 21 heavy (non-hydrogen) atoms. The third-order valence-electron chi connectivity index (χ3n) is 5.08. The molecule has 1 N–H and O–H groups in total. The molecule has 2 heterocycles. The van der Waals surface area contributed by atoms with Crippen LogP contribution < -0.4 is 5.32 Å². The average Bonchev–Trinajstić information content (AvgIpc) is 2.96. The summed E-state index contributed by atoms with van der Waals surface area (Å²) < 4.78 is 5.32. The molecule has 0 bridgehead atoms. The number of carbonyl (C=O) groups is 1. The van der Waals surface area contributed by atoms with Gasteiger partial charge in [-0.3, -0.25) is 4.79 Å². The van der Waals surface area contributed by atoms with Crippen molar-refractivity contribution in [3.63, 3.8) is 0 Å². The van der Waals surface area contributed by atoms with E-state index in [1.54, 1.807) is 7.11 Å². The van der Waals surface area contributed by atoms with E-state index in [1.165, 1.54) is 0 Å². The van der Waals surface area contributed by atoms with Crippen molar-refractivity contribution >= 4 is 5.91 Å². The highest BCUT2D eigenvalue weighted by Gasteiger charge is 2.33. The minimum atomic E-state index is -0.0372. The lowest BCUT2D eigenvalue weighted by atomic mass is 9.95. The van der Waals surface area contributed by atoms with Crippen LogP contribution in [-0.2, 0) is 9.53 Å². The van der Waals surface area contributed by atoms with Crippen LogP contribution in [0.5, 0.6) is 0 Å². The van der Waals surface area contributed by atoms with Crippen LogP contribution in [0.25, 0.3) is 0 Å². The predicted molar refractivity (Wildman–Crippen MR) is 84.3 cm³/mol. The quantitative estimate of drug-likeness (QED) is 0.820. The van der Waals surface area contributed by atoms with Crippen LogP contribution in [0.15, 0.2) is 0 Å². The lowest BCUT2D eigenvalue weighted by Gasteiger charge is -2.36. The maximum Gasteiger partial charge on any atom is 0.239 e. The standard InChI is InChI=1S/C16H31N3O2/c1-12(2)18(3)11-13-5-7-19(8-6-13)16(20)15-9-14(21-4)10-17-15/h12-15,17H,5-11H2,1-4H3. The fourth-order valence-corrected chi connectivity index (χ4v) is 3.25. The van der Waals surface area contributed by atoms with E-state index < -0.39 is 0 Å². The molecule has 0 aliphatic carbocycles. The average molecular weight is 297 g/mol. The van der Waals surface area contributed by atoms with Gasteiger partial charge in [0, 0.05) is 39.3 Å². The highest BCUT2D eigenvalue weighted by Crippen LogP contribution is 2.21. The van der Waals surface area contributed by atoms with Gasteiger partial charge in [-0.1, -0.05) is 0 Å². The maximum atomic E-state index is 12.5. The van der Waals surface area contributed by atoms with Gasteiger partial charge in [-0.15, -0.1) is 0 Å². The molecule has 0 aromatic rings. The van der Waals surface area contributed by atoms with Crippen LogP contribution in [-0.4, -0.2) is 74.2 Å². The fraction of sp³-hybridized carbons (Fsp3) is 0.938. The lowest BCUT2D eigenvalue weighted by Crippen LogP contribution is -2.48. The lowest BCUT2D eigenvalue weighted by molar-refractivity contribution is -0.134. The molecular formula is C16H31N3O2. The SMILES string of the molecule is COC1CNC(C(=O)N2CCC(CN(C)C(C)C)CC2)C1. The van der Waals surface area contributed by atoms with Gasteiger partial charge in [-0.25, -0.2) is 0 Å². The minimum absolute atomic E-state index is 0.0372. The summed E-state index contributed by atoms with van der Waals surface area (Å²) in [6, 6.07) is 0.558. The summed E-state index contributed by atoms with van der Waals surface area (Å²) in [6.07, 6.45) is 3.26. The molecule has 0 aromatic heterocycles. The van der Waals surface area contributed by atoms with Gasteiger partial charge in [-0.2, -0.15) is 0 Å². The van der Waals surface area contributed by atoms with E-state index in [0.29, 0.717) is 6.04 Å². The van der Waals surface area contributed by atoms with E-state index >= 15 is 0 Å². The highest BCUT2D eigenvalue weighted by molar-refractivity contribution is 5.82. The Kier molecular flexibility index (Phi) is 6.02. The highest BCUT2D eigenvalue weighted by atomic mass is 16.5. The molecule has 2 unspecified atom stereocenters. The Labute approximate surface area is 129 Å². The summed E-state index contributed by atoms with van der Waals surface area (Å²) in [4.78, 5) is 16.9. The number of carbonyl (C=O) groups excluding carboxylic acids is 1. The number of rotatable bonds is 5. The number of hydrogen-bond donors (Lipinski definition) is 1. The van der Waals surface area contributed by atoms with Crippen LogP contribution in [0, 0.1) is 5.92 Å². The zero-order chi connectivity index (χ0) is 15.4. The Morgan fingerprint density at radius 3 is 2.57 bits per heavy atom. The molecule has 2 aliphatic rings. The van der Waals surface area contributed by atoms with Crippen molar-refractivity contribution in [2.75, 3.05) is 40.3 Å². The van der Waals surface area contributed by atoms with Crippen LogP contribution in [0.2, 0.25) is 0 Å². The third kappa shape index (κ3) is 4.41. The summed E-state index contributed by atoms with van der Waals surface area (Å²) in [5, 5.41) is 3.29. The Bertz CT molecular complexity index is 340. The van der Waals surface area contributed by atoms with Crippen molar-refractivity contribution in [3.8, 4) is 0 Å². The van der Waals surface area contributed by atoms with Gasteiger partial charge in [-0.05, 0) is 46.1 Å². The van der Waals surface area contributed by atoms with E-state index in [2.05, 4.69) is 31.1 Å². The predicted octanol–water partition coefficient (Wildman–Crippen LogP) is 0.942. The molecule has 122 valence electrons. The third-order valence-corrected chi connectivity index (χ3v) is 5.08. The van der Waals surface area contributed by atoms with E-state index in [-0.39, 0.29) is 18.1 Å². The van der Waals surface area contributed by atoms with E-state index in [0.717, 1.165) is 51.4 Å². The monoisotopic (exact) mass is 297 g/mol. The first-order valence-corrected chi connectivity index (χ1v) is 8.26. The maximum absolute atomic E-state index is 12.5. The Morgan fingerprint density at radius 2 is 2.05 bits per heavy atom. The van der Waals surface area contributed by atoms with Crippen molar-refractivity contribution in [1.29, 1.82) is 0 Å². The van der Waals surface area contributed by atoms with Gasteiger partial charge in [0.05, 0.1) is 12.1 Å². The molecule has 0 spiro atoms. The normalized spacial score (nSPS) is 27.8. The summed E-state index contributed by atoms with van der Waals surface area (Å²) in [5.41, 5.74) is 0. The zero-order valence-electron chi connectivity index (χ0n) is 14.0. The first kappa shape index (κ1) is 16.7. The zero-order valence-corrected chi connectivity index (χ0v) is 14.0. The molecule has 0 aromatic carbocycles. The second-order valence-electron chi connectivity index (χ2n) is 6.86. The van der Waals surface area contributed by atoms with Gasteiger partial charge in [0.25, 0.3) is 0 Å². The molecule has 0 saturated carbocycles. The van der Waals surface area contributed by atoms with Gasteiger partial charge >= 0.3 is 0 Å². The van der Waals surface area contributed by atoms with Crippen LogP contribution in [0.1, 0.15) is 33.1 Å². The molecule has 5 heteroatoms. The molecule has 2 rings (SSSR count). The first-order valence-electron chi connectivity index (χ1n) is 8.26. The van der Waals surface area contributed by atoms with Crippen LogP contribution >= 0.6 is 0 Å². The van der Waals surface area contributed by atoms with E-state index in [4.69, 9.17) is 4.74 Å². The molecule has 2 aliphatic heterocycles. The number of ether oxygens (including phenoxy) is 1. The molecule has 5 nitrogen and oxygen atoms in total. The number of likely N-dealkylation sites (tertiary alicyclic amines) is 1. The molecule has 2 saturated heterocycles. The first-order chi connectivity index (χ1) is 10.0. The molecule has 2 fully saturated rings. The van der Waals surface area contributed by atoms with Crippen LogP contribution in [0.3, 0.4) is 0 Å². The van der Waals surface area contributed by atoms with Gasteiger partial charge in [0.2, 0.25) is 5.91 Å². The van der Waals surface area contributed by atoms with Gasteiger partial charge in [0.1, 0.15) is 0 Å². The van der Waals surface area contributed by atoms with Crippen molar-refractivity contribution in [3.05, 3.63) is 0 Å². The van der Waals surface area contributed by atoms with Crippen LogP contribution in [0.4, 0.5) is 0 Å². The summed E-state index contributed by atoms with van der Waals surface area (Å²) in [7, 11) is 3.91. The molecule has 2 atom stereocenters. The topological polar surface area (TPSA) is 44.8 Å². The molecule has 0 radical (unpaired) electrons. The number of nitrogens with zero attached hydrogens (tertiary/aromatic N) is 2. The summed E-state index contributed by atoms with van der Waals surface area (Å²) >= 11 is 0. The number of piperidine rings is 1. The van der Waals surface area contributed by atoms with Crippen molar-refractivity contribution in [2.24, 2.45) is 5.92 Å². The van der Waals surface area contributed by atoms with Crippen molar-refractivity contribution in [2.45, 2.75) is 51.3 Å². The number of methoxy groups -OCH3 is 1. The number of hydrogen-bond acceptors (Lipinski definition) is 4. The van der Waals surface area contributed by atoms with E-state index in [9.17, 15) is 4.79 Å². The molecular weight excluding hydrogens is 266 g/mol. The smallest absolute Gasteiger partial charge is 0.239 e. The Morgan fingerprint density at radius 1 is 1.38 bits per heavy atom. The molecule has 1 amide bonds. The van der Waals surface area contributed by atoms with E-state index in [1.807, 2.05) is 4.90 Å². The van der Waals surface area contributed by atoms with Crippen molar-refractivity contribution < 1.29 is 9.53 Å². The summed E-state index contributed by atoms with van der Waals surface area (Å²) in [5.74, 6) is 0.995. The van der Waals surface area contributed by atoms with Crippen molar-refractivity contribution in [1.82, 2.24) is 15.1 Å². The fourth-order valence-electron chi connectivity index (χ4n) is 3.25. The largest absolute Gasteiger partial charge is 0.380 e. The van der Waals surface area contributed by atoms with Gasteiger partial charge < -0.3 is 19.9 Å². The second-order valence-corrected chi connectivity index (χ2v) is 6.86. The van der Waals surface area contributed by atoms with Gasteiger partial charge in [0.15, 0.2) is 0 Å². The number of amides is 1.